The topological polar surface area (TPSA) is 74.7 Å². The van der Waals surface area contributed by atoms with E-state index in [0.29, 0.717) is 17.4 Å². The maximum atomic E-state index is 8.86. The fourth-order valence-corrected chi connectivity index (χ4v) is 2.93. The quantitative estimate of drug-likeness (QED) is 0.858. The molecule has 0 amide bonds. The molecule has 0 radical (unpaired) electrons. The molecule has 1 fully saturated rings. The summed E-state index contributed by atoms with van der Waals surface area (Å²) in [6.07, 6.45) is 5.73. The van der Waals surface area contributed by atoms with Gasteiger partial charge in [-0.25, -0.2) is 4.98 Å². The molecule has 0 bridgehead atoms. The molecule has 4 nitrogen and oxygen atoms in total. The number of nitrogens with two attached hydrogens (primary N) is 1. The number of hydrogen-bond acceptors (Lipinski definition) is 5. The molecule has 0 saturated heterocycles. The highest BCUT2D eigenvalue weighted by molar-refractivity contribution is 7.99. The molecule has 1 aliphatic carbocycles. The summed E-state index contributed by atoms with van der Waals surface area (Å²) in [7, 11) is 0. The molecule has 0 aliphatic heterocycles. The predicted molar refractivity (Wildman–Crippen MR) is 71.9 cm³/mol. The number of nitrogen functional groups attached to an aromatic ring is 1. The van der Waals surface area contributed by atoms with Crippen LogP contribution in [0.25, 0.3) is 0 Å². The van der Waals surface area contributed by atoms with Crippen LogP contribution < -0.4 is 11.1 Å². The number of thioether (sulfide) groups is 1. The van der Waals surface area contributed by atoms with Gasteiger partial charge in [0.15, 0.2) is 5.69 Å². The van der Waals surface area contributed by atoms with Crippen LogP contribution in [0, 0.1) is 11.3 Å². The van der Waals surface area contributed by atoms with Crippen LogP contribution >= 0.6 is 11.8 Å². The van der Waals surface area contributed by atoms with E-state index in [1.807, 2.05) is 23.9 Å². The van der Waals surface area contributed by atoms with Crippen molar-refractivity contribution in [2.45, 2.75) is 30.6 Å². The van der Waals surface area contributed by atoms with Crippen LogP contribution in [0.5, 0.6) is 0 Å². The first kappa shape index (κ1) is 12.1. The van der Waals surface area contributed by atoms with Gasteiger partial charge in [-0.3, -0.25) is 0 Å². The predicted octanol–water partition coefficient (Wildman–Crippen LogP) is 2.23. The zero-order chi connectivity index (χ0) is 12.3. The summed E-state index contributed by atoms with van der Waals surface area (Å²) < 4.78 is 0. The van der Waals surface area contributed by atoms with Crippen LogP contribution in [-0.4, -0.2) is 22.5 Å². The average Bonchev–Trinajstić information content (AvgIpc) is 2.79. The molecule has 1 aromatic heterocycles. The molecule has 1 aliphatic rings. The van der Waals surface area contributed by atoms with E-state index < -0.39 is 0 Å². The first-order valence-corrected chi connectivity index (χ1v) is 6.97. The normalized spacial score (nSPS) is 23.3. The molecule has 5 heteroatoms. The summed E-state index contributed by atoms with van der Waals surface area (Å²) in [4.78, 5) is 4.20. The lowest BCUT2D eigenvalue weighted by atomic mass is 10.2. The minimum absolute atomic E-state index is 0.300. The van der Waals surface area contributed by atoms with Gasteiger partial charge in [-0.2, -0.15) is 17.0 Å². The van der Waals surface area contributed by atoms with Crippen molar-refractivity contribution in [3.63, 3.8) is 0 Å². The van der Waals surface area contributed by atoms with Crippen LogP contribution in [0.1, 0.15) is 25.0 Å². The standard InChI is InChI=1S/C12H16N4S/c1-17-9-3-2-8(6-9)15-12-5-4-10(14)11(7-13)16-12/h4-5,8-9H,2-3,6,14H2,1H3,(H,15,16). The molecule has 1 aromatic rings. The van der Waals surface area contributed by atoms with E-state index in [-0.39, 0.29) is 0 Å². The first-order valence-electron chi connectivity index (χ1n) is 5.69. The average molecular weight is 248 g/mol. The zero-order valence-electron chi connectivity index (χ0n) is 9.81. The highest BCUT2D eigenvalue weighted by Crippen LogP contribution is 2.30. The molecule has 2 unspecified atom stereocenters. The number of nitriles is 1. The van der Waals surface area contributed by atoms with Crippen LogP contribution in [0.3, 0.4) is 0 Å². The van der Waals surface area contributed by atoms with Gasteiger partial charge in [0.2, 0.25) is 0 Å². The van der Waals surface area contributed by atoms with E-state index in [0.717, 1.165) is 17.5 Å². The van der Waals surface area contributed by atoms with Crippen molar-refractivity contribution in [2.24, 2.45) is 0 Å². The van der Waals surface area contributed by atoms with Gasteiger partial charge >= 0.3 is 0 Å². The molecule has 17 heavy (non-hydrogen) atoms. The van der Waals surface area contributed by atoms with Crippen molar-refractivity contribution in [1.29, 1.82) is 5.26 Å². The Labute approximate surface area is 106 Å². The summed E-state index contributed by atoms with van der Waals surface area (Å²) in [5.41, 5.74) is 6.37. The van der Waals surface area contributed by atoms with E-state index in [1.54, 1.807) is 6.07 Å². The SMILES string of the molecule is CSC1CCC(Nc2ccc(N)c(C#N)n2)C1. The minimum atomic E-state index is 0.300. The highest BCUT2D eigenvalue weighted by atomic mass is 32.2. The number of nitrogens with zero attached hydrogens (tertiary/aromatic N) is 2. The van der Waals surface area contributed by atoms with Crippen LogP contribution in [0.2, 0.25) is 0 Å². The fourth-order valence-electron chi connectivity index (χ4n) is 2.13. The van der Waals surface area contributed by atoms with E-state index >= 15 is 0 Å². The van der Waals surface area contributed by atoms with Crippen molar-refractivity contribution < 1.29 is 0 Å². The number of rotatable bonds is 3. The Morgan fingerprint density at radius 2 is 2.35 bits per heavy atom. The molecule has 1 heterocycles. The molecule has 2 atom stereocenters. The van der Waals surface area contributed by atoms with Gasteiger partial charge in [0.25, 0.3) is 0 Å². The summed E-state index contributed by atoms with van der Waals surface area (Å²) in [6, 6.07) is 6.03. The van der Waals surface area contributed by atoms with Crippen LogP contribution in [-0.2, 0) is 0 Å². The zero-order valence-corrected chi connectivity index (χ0v) is 10.6. The van der Waals surface area contributed by atoms with E-state index in [1.165, 1.54) is 12.8 Å². The number of aromatic nitrogens is 1. The van der Waals surface area contributed by atoms with Crippen molar-refractivity contribution in [3.05, 3.63) is 17.8 Å². The Morgan fingerprint density at radius 1 is 1.53 bits per heavy atom. The summed E-state index contributed by atoms with van der Waals surface area (Å²) in [6.45, 7) is 0. The van der Waals surface area contributed by atoms with Gasteiger partial charge in [0.1, 0.15) is 11.9 Å². The number of nitrogens with one attached hydrogen (secondary N) is 1. The van der Waals surface area contributed by atoms with Gasteiger partial charge in [0, 0.05) is 11.3 Å². The van der Waals surface area contributed by atoms with Crippen molar-refractivity contribution in [1.82, 2.24) is 4.98 Å². The molecule has 90 valence electrons. The molecular weight excluding hydrogens is 232 g/mol. The Hall–Kier alpha value is -1.41. The minimum Gasteiger partial charge on any atom is -0.396 e. The summed E-state index contributed by atoms with van der Waals surface area (Å²) >= 11 is 1.92. The lowest BCUT2D eigenvalue weighted by Crippen LogP contribution is -2.17. The number of anilines is 2. The van der Waals surface area contributed by atoms with Gasteiger partial charge in [0.05, 0.1) is 5.69 Å². The maximum absolute atomic E-state index is 8.86. The van der Waals surface area contributed by atoms with E-state index in [4.69, 9.17) is 11.0 Å². The lowest BCUT2D eigenvalue weighted by molar-refractivity contribution is 0.752. The second-order valence-electron chi connectivity index (χ2n) is 4.26. The maximum Gasteiger partial charge on any atom is 0.165 e. The van der Waals surface area contributed by atoms with E-state index in [2.05, 4.69) is 16.6 Å². The second kappa shape index (κ2) is 5.28. The lowest BCUT2D eigenvalue weighted by Gasteiger charge is -2.13. The van der Waals surface area contributed by atoms with Gasteiger partial charge in [-0.05, 0) is 37.7 Å². The van der Waals surface area contributed by atoms with Gasteiger partial charge in [-0.1, -0.05) is 0 Å². The Morgan fingerprint density at radius 3 is 3.00 bits per heavy atom. The third-order valence-corrected chi connectivity index (χ3v) is 4.20. The van der Waals surface area contributed by atoms with Gasteiger partial charge < -0.3 is 11.1 Å². The molecule has 0 aromatic carbocycles. The molecule has 2 rings (SSSR count). The highest BCUT2D eigenvalue weighted by Gasteiger charge is 2.23. The summed E-state index contributed by atoms with van der Waals surface area (Å²) in [5, 5.41) is 13.0. The fraction of sp³-hybridized carbons (Fsp3) is 0.500. The number of pyridine rings is 1. The molecule has 0 spiro atoms. The van der Waals surface area contributed by atoms with Crippen LogP contribution in [0.4, 0.5) is 11.5 Å². The van der Waals surface area contributed by atoms with Crippen molar-refractivity contribution in [3.8, 4) is 6.07 Å². The molecule has 3 N–H and O–H groups in total. The van der Waals surface area contributed by atoms with Crippen molar-refractivity contribution >= 4 is 23.3 Å². The third-order valence-electron chi connectivity index (χ3n) is 3.10. The molecular formula is C12H16N4S. The first-order chi connectivity index (χ1) is 8.22. The smallest absolute Gasteiger partial charge is 0.165 e. The Bertz CT molecular complexity index is 441. The van der Waals surface area contributed by atoms with Crippen molar-refractivity contribution in [2.75, 3.05) is 17.3 Å². The Balaban J connectivity index is 2.02. The van der Waals surface area contributed by atoms with Crippen LogP contribution in [0.15, 0.2) is 12.1 Å². The largest absolute Gasteiger partial charge is 0.396 e. The monoisotopic (exact) mass is 248 g/mol. The second-order valence-corrected chi connectivity index (χ2v) is 5.40. The Kier molecular flexibility index (Phi) is 3.75. The summed E-state index contributed by atoms with van der Waals surface area (Å²) in [5.74, 6) is 0.752. The van der Waals surface area contributed by atoms with E-state index in [9.17, 15) is 0 Å². The third kappa shape index (κ3) is 2.83. The van der Waals surface area contributed by atoms with Gasteiger partial charge in [-0.15, -0.1) is 0 Å². The number of hydrogen-bond donors (Lipinski definition) is 2. The molecule has 1 saturated carbocycles.